The number of rotatable bonds is 2. The van der Waals surface area contributed by atoms with Gasteiger partial charge in [0.2, 0.25) is 0 Å². The molecule has 2 saturated heterocycles. The molecule has 2 aliphatic heterocycles. The molecule has 0 aromatic carbocycles. The molecule has 0 aromatic heterocycles. The monoisotopic (exact) mass is 268 g/mol. The molecular formula is C17H36N2. The molecule has 0 spiro atoms. The average Bonchev–Trinajstić information content (AvgIpc) is 2.42. The first-order valence-corrected chi connectivity index (χ1v) is 8.49. The van der Waals surface area contributed by atoms with Crippen molar-refractivity contribution in [3.63, 3.8) is 0 Å². The van der Waals surface area contributed by atoms with Crippen molar-refractivity contribution in [2.75, 3.05) is 32.7 Å². The molecule has 2 aliphatic rings. The van der Waals surface area contributed by atoms with Crippen LogP contribution in [0.4, 0.5) is 0 Å². The van der Waals surface area contributed by atoms with Gasteiger partial charge >= 0.3 is 0 Å². The largest absolute Gasteiger partial charge is 0.316 e. The Morgan fingerprint density at radius 1 is 1.05 bits per heavy atom. The summed E-state index contributed by atoms with van der Waals surface area (Å²) in [4.78, 5) is 2.71. The van der Waals surface area contributed by atoms with Crippen molar-refractivity contribution in [1.82, 2.24) is 10.2 Å². The Morgan fingerprint density at radius 2 is 1.68 bits per heavy atom. The molecule has 0 bridgehead atoms. The average molecular weight is 268 g/mol. The van der Waals surface area contributed by atoms with E-state index in [2.05, 4.69) is 31.0 Å². The summed E-state index contributed by atoms with van der Waals surface area (Å²) in [6.07, 6.45) is 5.63. The van der Waals surface area contributed by atoms with Gasteiger partial charge in [0.1, 0.15) is 0 Å². The van der Waals surface area contributed by atoms with Crippen LogP contribution in [-0.2, 0) is 0 Å². The number of nitrogens with zero attached hydrogens (tertiary/aromatic N) is 1. The molecule has 19 heavy (non-hydrogen) atoms. The van der Waals surface area contributed by atoms with Crippen molar-refractivity contribution in [2.24, 2.45) is 17.3 Å². The highest BCUT2D eigenvalue weighted by atomic mass is 15.1. The molecule has 0 radical (unpaired) electrons. The Kier molecular flexibility index (Phi) is 7.38. The zero-order valence-electron chi connectivity index (χ0n) is 14.0. The summed E-state index contributed by atoms with van der Waals surface area (Å²) in [6, 6.07) is 0. The van der Waals surface area contributed by atoms with Gasteiger partial charge in [-0.25, -0.2) is 0 Å². The third-order valence-corrected chi connectivity index (χ3v) is 4.73. The van der Waals surface area contributed by atoms with Gasteiger partial charge in [-0.3, -0.25) is 0 Å². The van der Waals surface area contributed by atoms with E-state index >= 15 is 0 Å². The lowest BCUT2D eigenvalue weighted by molar-refractivity contribution is 0.0969. The highest BCUT2D eigenvalue weighted by Crippen LogP contribution is 2.34. The van der Waals surface area contributed by atoms with Crippen LogP contribution in [-0.4, -0.2) is 37.6 Å². The van der Waals surface area contributed by atoms with Gasteiger partial charge in [0, 0.05) is 6.54 Å². The molecule has 0 unspecified atom stereocenters. The van der Waals surface area contributed by atoms with E-state index in [4.69, 9.17) is 0 Å². The highest BCUT2D eigenvalue weighted by molar-refractivity contribution is 4.82. The molecule has 2 heteroatoms. The van der Waals surface area contributed by atoms with Gasteiger partial charge in [-0.05, 0) is 69.1 Å². The molecule has 2 fully saturated rings. The van der Waals surface area contributed by atoms with E-state index in [1.807, 2.05) is 13.8 Å². The Labute approximate surface area is 121 Å². The van der Waals surface area contributed by atoms with Crippen molar-refractivity contribution < 1.29 is 0 Å². The fourth-order valence-electron chi connectivity index (χ4n) is 3.43. The maximum Gasteiger partial charge on any atom is 0.00218 e. The molecule has 1 N–H and O–H groups in total. The Balaban J connectivity index is 0.000000861. The minimum absolute atomic E-state index is 0.512. The summed E-state index contributed by atoms with van der Waals surface area (Å²) in [5.74, 6) is 1.85. The lowest BCUT2D eigenvalue weighted by Gasteiger charge is -2.40. The maximum absolute atomic E-state index is 3.53. The summed E-state index contributed by atoms with van der Waals surface area (Å²) < 4.78 is 0. The quantitative estimate of drug-likeness (QED) is 0.820. The van der Waals surface area contributed by atoms with Gasteiger partial charge < -0.3 is 10.2 Å². The number of nitrogens with one attached hydrogen (secondary N) is 1. The van der Waals surface area contributed by atoms with E-state index in [0.717, 1.165) is 11.8 Å². The molecule has 2 rings (SSSR count). The fourth-order valence-corrected chi connectivity index (χ4v) is 3.43. The Bertz CT molecular complexity index is 218. The summed E-state index contributed by atoms with van der Waals surface area (Å²) in [6.45, 7) is 17.7. The van der Waals surface area contributed by atoms with E-state index in [0.29, 0.717) is 5.41 Å². The number of likely N-dealkylation sites (tertiary alicyclic amines) is 1. The smallest absolute Gasteiger partial charge is 0.00218 e. The van der Waals surface area contributed by atoms with Gasteiger partial charge in [0.15, 0.2) is 0 Å². The highest BCUT2D eigenvalue weighted by Gasteiger charge is 2.29. The molecule has 0 amide bonds. The summed E-state index contributed by atoms with van der Waals surface area (Å²) in [5, 5.41) is 3.53. The molecule has 2 nitrogen and oxygen atoms in total. The molecular weight excluding hydrogens is 232 g/mol. The second-order valence-corrected chi connectivity index (χ2v) is 7.15. The van der Waals surface area contributed by atoms with Crippen LogP contribution in [0.25, 0.3) is 0 Å². The predicted molar refractivity (Wildman–Crippen MR) is 85.6 cm³/mol. The topological polar surface area (TPSA) is 15.3 Å². The van der Waals surface area contributed by atoms with Crippen molar-refractivity contribution in [1.29, 1.82) is 0 Å². The first-order valence-electron chi connectivity index (χ1n) is 8.49. The van der Waals surface area contributed by atoms with E-state index in [1.54, 1.807) is 0 Å². The van der Waals surface area contributed by atoms with Crippen LogP contribution >= 0.6 is 0 Å². The molecule has 114 valence electrons. The van der Waals surface area contributed by atoms with E-state index < -0.39 is 0 Å². The van der Waals surface area contributed by atoms with Gasteiger partial charge in [-0.15, -0.1) is 0 Å². The first-order chi connectivity index (χ1) is 9.05. The summed E-state index contributed by atoms with van der Waals surface area (Å²) in [5.41, 5.74) is 0.512. The molecule has 0 saturated carbocycles. The normalized spacial score (nSPS) is 26.7. The second kappa shape index (κ2) is 8.26. The van der Waals surface area contributed by atoms with Gasteiger partial charge in [0.05, 0.1) is 0 Å². The lowest BCUT2D eigenvalue weighted by Crippen LogP contribution is -2.43. The maximum atomic E-state index is 3.53. The van der Waals surface area contributed by atoms with Gasteiger partial charge in [-0.2, -0.15) is 0 Å². The van der Waals surface area contributed by atoms with Crippen LogP contribution in [0.1, 0.15) is 60.3 Å². The zero-order valence-corrected chi connectivity index (χ0v) is 14.0. The number of piperidine rings is 2. The Hall–Kier alpha value is -0.0800. The van der Waals surface area contributed by atoms with E-state index in [9.17, 15) is 0 Å². The molecule has 0 aromatic rings. The van der Waals surface area contributed by atoms with Crippen molar-refractivity contribution in [3.8, 4) is 0 Å². The third-order valence-electron chi connectivity index (χ3n) is 4.73. The molecule has 1 atom stereocenters. The summed E-state index contributed by atoms with van der Waals surface area (Å²) in [7, 11) is 0. The third kappa shape index (κ3) is 5.83. The van der Waals surface area contributed by atoms with Crippen LogP contribution in [0, 0.1) is 17.3 Å². The zero-order chi connectivity index (χ0) is 14.3. The SMILES string of the molecule is CC.CC(C)(C)C1CCN(C[C@@H]2CCCNC2)CC1. The van der Waals surface area contributed by atoms with Crippen molar-refractivity contribution >= 4 is 0 Å². The number of hydrogen-bond acceptors (Lipinski definition) is 2. The van der Waals surface area contributed by atoms with Crippen LogP contribution < -0.4 is 5.32 Å². The Morgan fingerprint density at radius 3 is 2.16 bits per heavy atom. The first kappa shape index (κ1) is 17.0. The predicted octanol–water partition coefficient (Wildman–Crippen LogP) is 3.77. The standard InChI is InChI=1S/C15H30N2.C2H6/c1-15(2,3)14-6-9-17(10-7-14)12-13-5-4-8-16-11-13;1-2/h13-14,16H,4-12H2,1-3H3;1-2H3/t13-;/m1./s1. The van der Waals surface area contributed by atoms with Gasteiger partial charge in [-0.1, -0.05) is 34.6 Å². The second-order valence-electron chi connectivity index (χ2n) is 7.15. The lowest BCUT2D eigenvalue weighted by atomic mass is 9.75. The van der Waals surface area contributed by atoms with Crippen LogP contribution in [0.15, 0.2) is 0 Å². The van der Waals surface area contributed by atoms with Crippen molar-refractivity contribution in [2.45, 2.75) is 60.3 Å². The molecule has 2 heterocycles. The minimum atomic E-state index is 0.512. The van der Waals surface area contributed by atoms with E-state index in [-0.39, 0.29) is 0 Å². The molecule has 0 aliphatic carbocycles. The van der Waals surface area contributed by atoms with Crippen LogP contribution in [0.5, 0.6) is 0 Å². The number of hydrogen-bond donors (Lipinski definition) is 1. The van der Waals surface area contributed by atoms with E-state index in [1.165, 1.54) is 58.4 Å². The summed E-state index contributed by atoms with van der Waals surface area (Å²) >= 11 is 0. The van der Waals surface area contributed by atoms with Crippen LogP contribution in [0.2, 0.25) is 0 Å². The van der Waals surface area contributed by atoms with Gasteiger partial charge in [0.25, 0.3) is 0 Å². The minimum Gasteiger partial charge on any atom is -0.316 e. The van der Waals surface area contributed by atoms with Crippen LogP contribution in [0.3, 0.4) is 0 Å². The fraction of sp³-hybridized carbons (Fsp3) is 1.00. The van der Waals surface area contributed by atoms with Crippen molar-refractivity contribution in [3.05, 3.63) is 0 Å².